The van der Waals surface area contributed by atoms with Gasteiger partial charge in [0.05, 0.1) is 22.5 Å². The number of piperidine rings is 1. The SMILES string of the molecule is Cn1cc2cc(-c3c(-c4ccc(C#N)c(F)c4)nc(C(=O)N4CCC[C@@H](N)C4)n3CCC(N)=O)ccc2n1. The summed E-state index contributed by atoms with van der Waals surface area (Å²) in [4.78, 5) is 32.0. The molecule has 194 valence electrons. The van der Waals surface area contributed by atoms with E-state index in [9.17, 15) is 19.2 Å². The highest BCUT2D eigenvalue weighted by Crippen LogP contribution is 2.36. The number of hydrogen-bond donors (Lipinski definition) is 2. The molecule has 0 bridgehead atoms. The third kappa shape index (κ3) is 4.73. The Labute approximate surface area is 218 Å². The number of amides is 2. The number of benzene rings is 2. The minimum Gasteiger partial charge on any atom is -0.370 e. The molecule has 2 aromatic heterocycles. The van der Waals surface area contributed by atoms with Crippen LogP contribution in [0.5, 0.6) is 0 Å². The van der Waals surface area contributed by atoms with Gasteiger partial charge in [0.1, 0.15) is 11.9 Å². The van der Waals surface area contributed by atoms with Crippen LogP contribution < -0.4 is 11.5 Å². The summed E-state index contributed by atoms with van der Waals surface area (Å²) in [6.07, 6.45) is 3.43. The van der Waals surface area contributed by atoms with E-state index >= 15 is 0 Å². The Kier molecular flexibility index (Phi) is 6.65. The lowest BCUT2D eigenvalue weighted by atomic mass is 10.0. The molecular formula is C27H27FN8O2. The number of primary amides is 1. The van der Waals surface area contributed by atoms with E-state index < -0.39 is 11.7 Å². The van der Waals surface area contributed by atoms with Crippen LogP contribution in [-0.4, -0.2) is 55.2 Å². The van der Waals surface area contributed by atoms with Gasteiger partial charge in [-0.15, -0.1) is 0 Å². The molecule has 3 heterocycles. The van der Waals surface area contributed by atoms with Gasteiger partial charge in [0.2, 0.25) is 5.91 Å². The highest BCUT2D eigenvalue weighted by molar-refractivity contribution is 5.95. The second kappa shape index (κ2) is 10.1. The van der Waals surface area contributed by atoms with E-state index in [4.69, 9.17) is 16.5 Å². The summed E-state index contributed by atoms with van der Waals surface area (Å²) >= 11 is 0. The summed E-state index contributed by atoms with van der Waals surface area (Å²) in [6.45, 7) is 1.02. The van der Waals surface area contributed by atoms with Gasteiger partial charge in [-0.2, -0.15) is 10.4 Å². The minimum atomic E-state index is -0.694. The van der Waals surface area contributed by atoms with Crippen molar-refractivity contribution in [1.82, 2.24) is 24.2 Å². The number of imidazole rings is 1. The molecule has 0 aliphatic carbocycles. The summed E-state index contributed by atoms with van der Waals surface area (Å²) in [5, 5.41) is 14.5. The molecule has 2 amide bonds. The standard InChI is InChI=1S/C27H27FN8O2/c1-34-14-19-11-17(6-7-22(19)33-34)25-24(16-4-5-18(13-29)21(28)12-16)32-26(36(25)10-8-23(31)37)27(38)35-9-2-3-20(30)15-35/h4-7,11-12,14,20H,2-3,8-10,15,30H2,1H3,(H2,31,37)/t20-/m1/s1. The predicted molar refractivity (Wildman–Crippen MR) is 139 cm³/mol. The van der Waals surface area contributed by atoms with E-state index in [0.29, 0.717) is 35.6 Å². The average Bonchev–Trinajstić information content (AvgIpc) is 3.46. The molecule has 1 aliphatic heterocycles. The van der Waals surface area contributed by atoms with Gasteiger partial charge in [-0.3, -0.25) is 14.3 Å². The molecule has 0 radical (unpaired) electrons. The maximum Gasteiger partial charge on any atom is 0.289 e. The number of rotatable bonds is 6. The van der Waals surface area contributed by atoms with Crippen molar-refractivity contribution >= 4 is 22.7 Å². The van der Waals surface area contributed by atoms with Crippen molar-refractivity contribution < 1.29 is 14.0 Å². The zero-order valence-electron chi connectivity index (χ0n) is 20.9. The third-order valence-corrected chi connectivity index (χ3v) is 6.74. The summed E-state index contributed by atoms with van der Waals surface area (Å²) in [6, 6.07) is 11.5. The molecule has 1 aliphatic rings. The smallest absolute Gasteiger partial charge is 0.289 e. The Morgan fingerprint density at radius 3 is 2.71 bits per heavy atom. The van der Waals surface area contributed by atoms with Crippen molar-refractivity contribution in [3.05, 3.63) is 59.8 Å². The highest BCUT2D eigenvalue weighted by Gasteiger charge is 2.30. The Balaban J connectivity index is 1.74. The zero-order valence-corrected chi connectivity index (χ0v) is 20.9. The Morgan fingerprint density at radius 2 is 2.00 bits per heavy atom. The number of carbonyl (C=O) groups excluding carboxylic acids is 2. The summed E-state index contributed by atoms with van der Waals surface area (Å²) in [5.74, 6) is -1.44. The molecule has 38 heavy (non-hydrogen) atoms. The molecule has 10 nitrogen and oxygen atoms in total. The number of aromatic nitrogens is 4. The highest BCUT2D eigenvalue weighted by atomic mass is 19.1. The maximum atomic E-state index is 14.7. The molecule has 0 unspecified atom stereocenters. The molecule has 0 spiro atoms. The quantitative estimate of drug-likeness (QED) is 0.404. The van der Waals surface area contributed by atoms with Gasteiger partial charge in [0, 0.05) is 61.9 Å². The predicted octanol–water partition coefficient (Wildman–Crippen LogP) is 2.55. The van der Waals surface area contributed by atoms with Gasteiger partial charge in [0.15, 0.2) is 5.82 Å². The third-order valence-electron chi connectivity index (χ3n) is 6.74. The fourth-order valence-electron chi connectivity index (χ4n) is 4.94. The van der Waals surface area contributed by atoms with Crippen molar-refractivity contribution in [3.8, 4) is 28.6 Å². The molecule has 0 saturated carbocycles. The molecule has 11 heteroatoms. The van der Waals surface area contributed by atoms with Crippen LogP contribution in [0.4, 0.5) is 4.39 Å². The van der Waals surface area contributed by atoms with Crippen molar-refractivity contribution in [2.24, 2.45) is 18.5 Å². The van der Waals surface area contributed by atoms with Crippen LogP contribution in [0.15, 0.2) is 42.6 Å². The van der Waals surface area contributed by atoms with E-state index in [-0.39, 0.29) is 36.3 Å². The van der Waals surface area contributed by atoms with Crippen LogP contribution in [0, 0.1) is 17.1 Å². The van der Waals surface area contributed by atoms with Crippen molar-refractivity contribution in [2.45, 2.75) is 31.8 Å². The first-order valence-corrected chi connectivity index (χ1v) is 12.3. The van der Waals surface area contributed by atoms with E-state index in [1.165, 1.54) is 12.1 Å². The number of halogens is 1. The number of nitriles is 1. The summed E-state index contributed by atoms with van der Waals surface area (Å²) in [7, 11) is 1.82. The molecule has 1 fully saturated rings. The van der Waals surface area contributed by atoms with Gasteiger partial charge >= 0.3 is 0 Å². The lowest BCUT2D eigenvalue weighted by molar-refractivity contribution is -0.118. The normalized spacial score (nSPS) is 15.5. The second-order valence-corrected chi connectivity index (χ2v) is 9.54. The minimum absolute atomic E-state index is 0.0283. The number of nitrogens with zero attached hydrogens (tertiary/aromatic N) is 6. The lowest BCUT2D eigenvalue weighted by Crippen LogP contribution is -2.46. The number of aryl methyl sites for hydroxylation is 1. The van der Waals surface area contributed by atoms with Crippen LogP contribution >= 0.6 is 0 Å². The van der Waals surface area contributed by atoms with Crippen LogP contribution in [0.25, 0.3) is 33.4 Å². The van der Waals surface area contributed by atoms with Gasteiger partial charge in [-0.1, -0.05) is 12.1 Å². The first kappa shape index (κ1) is 25.1. The number of hydrogen-bond acceptors (Lipinski definition) is 6. The van der Waals surface area contributed by atoms with E-state index in [2.05, 4.69) is 5.10 Å². The largest absolute Gasteiger partial charge is 0.370 e. The number of fused-ring (bicyclic) bond motifs is 1. The molecule has 4 aromatic rings. The van der Waals surface area contributed by atoms with Crippen LogP contribution in [0.3, 0.4) is 0 Å². The Bertz CT molecular complexity index is 1600. The Morgan fingerprint density at radius 1 is 1.21 bits per heavy atom. The van der Waals surface area contributed by atoms with Crippen LogP contribution in [0.2, 0.25) is 0 Å². The molecule has 5 rings (SSSR count). The van der Waals surface area contributed by atoms with Crippen LogP contribution in [0.1, 0.15) is 35.4 Å². The molecule has 1 atom stereocenters. The molecule has 2 aromatic carbocycles. The van der Waals surface area contributed by atoms with Crippen molar-refractivity contribution in [2.75, 3.05) is 13.1 Å². The van der Waals surface area contributed by atoms with Gasteiger partial charge in [-0.25, -0.2) is 9.37 Å². The fourth-order valence-corrected chi connectivity index (χ4v) is 4.94. The number of likely N-dealkylation sites (tertiary alicyclic amines) is 1. The van der Waals surface area contributed by atoms with Crippen LogP contribution in [-0.2, 0) is 18.4 Å². The monoisotopic (exact) mass is 514 g/mol. The van der Waals surface area contributed by atoms with Gasteiger partial charge in [0.25, 0.3) is 5.91 Å². The van der Waals surface area contributed by atoms with E-state index in [0.717, 1.165) is 23.7 Å². The average molecular weight is 515 g/mol. The zero-order chi connectivity index (χ0) is 27.0. The maximum absolute atomic E-state index is 14.7. The van der Waals surface area contributed by atoms with Crippen molar-refractivity contribution in [3.63, 3.8) is 0 Å². The lowest BCUT2D eigenvalue weighted by Gasteiger charge is -2.30. The second-order valence-electron chi connectivity index (χ2n) is 9.54. The summed E-state index contributed by atoms with van der Waals surface area (Å²) in [5.41, 5.74) is 14.3. The van der Waals surface area contributed by atoms with Crippen molar-refractivity contribution in [1.29, 1.82) is 5.26 Å². The van der Waals surface area contributed by atoms with Gasteiger partial charge in [-0.05, 0) is 37.1 Å². The molecule has 1 saturated heterocycles. The van der Waals surface area contributed by atoms with E-state index in [1.807, 2.05) is 37.5 Å². The first-order chi connectivity index (χ1) is 18.2. The summed E-state index contributed by atoms with van der Waals surface area (Å²) < 4.78 is 18.1. The van der Waals surface area contributed by atoms with E-state index in [1.54, 1.807) is 20.2 Å². The van der Waals surface area contributed by atoms with Gasteiger partial charge < -0.3 is 20.9 Å². The topological polar surface area (TPSA) is 149 Å². The number of nitrogens with two attached hydrogens (primary N) is 2. The molecular weight excluding hydrogens is 487 g/mol. The molecule has 4 N–H and O–H groups in total. The number of carbonyl (C=O) groups is 2. The fraction of sp³-hybridized carbons (Fsp3) is 0.296. The Hall–Kier alpha value is -4.56. The first-order valence-electron chi connectivity index (χ1n) is 12.3.